The van der Waals surface area contributed by atoms with Gasteiger partial charge < -0.3 is 15.0 Å². The molecule has 10 heteroatoms. The summed E-state index contributed by atoms with van der Waals surface area (Å²) >= 11 is 0. The number of aryl methyl sites for hydroxylation is 1. The summed E-state index contributed by atoms with van der Waals surface area (Å²) in [5.41, 5.74) is 1.74. The van der Waals surface area contributed by atoms with Crippen molar-refractivity contribution >= 4 is 27.5 Å². The smallest absolute Gasteiger partial charge is 0.264 e. The Morgan fingerprint density at radius 1 is 0.925 bits per heavy atom. The van der Waals surface area contributed by atoms with Crippen molar-refractivity contribution in [3.8, 4) is 5.75 Å². The minimum absolute atomic E-state index is 0.0203. The van der Waals surface area contributed by atoms with Crippen molar-refractivity contribution in [2.45, 2.75) is 58.1 Å². The van der Waals surface area contributed by atoms with Crippen LogP contribution in [-0.4, -0.2) is 50.4 Å². The molecule has 8 nitrogen and oxygen atoms in total. The molecule has 0 unspecified atom stereocenters. The predicted molar refractivity (Wildman–Crippen MR) is 153 cm³/mol. The molecule has 0 aliphatic carbocycles. The van der Waals surface area contributed by atoms with E-state index in [1.807, 2.05) is 13.8 Å². The highest BCUT2D eigenvalue weighted by Gasteiger charge is 2.32. The molecule has 0 heterocycles. The SMILES string of the molecule is CCOc1ccc(N(CC(=O)N(Cc2ccc(F)cc2)[C@@H](C)C(=O)NC(C)C)S(=O)(=O)c2ccc(C)cc2)cc1. The van der Waals surface area contributed by atoms with Gasteiger partial charge >= 0.3 is 0 Å². The van der Waals surface area contributed by atoms with Crippen LogP contribution in [0.15, 0.2) is 77.7 Å². The van der Waals surface area contributed by atoms with Gasteiger partial charge in [0.25, 0.3) is 10.0 Å². The number of nitrogens with zero attached hydrogens (tertiary/aromatic N) is 2. The van der Waals surface area contributed by atoms with E-state index in [0.29, 0.717) is 17.9 Å². The van der Waals surface area contributed by atoms with Gasteiger partial charge in [0.05, 0.1) is 17.2 Å². The fourth-order valence-electron chi connectivity index (χ4n) is 4.02. The lowest BCUT2D eigenvalue weighted by Crippen LogP contribution is -2.52. The van der Waals surface area contributed by atoms with E-state index in [2.05, 4.69) is 5.32 Å². The number of anilines is 1. The van der Waals surface area contributed by atoms with Crippen LogP contribution in [0, 0.1) is 12.7 Å². The number of sulfonamides is 1. The highest BCUT2D eigenvalue weighted by molar-refractivity contribution is 7.92. The molecule has 0 spiro atoms. The Balaban J connectivity index is 2.02. The zero-order valence-corrected chi connectivity index (χ0v) is 24.2. The molecule has 0 fully saturated rings. The lowest BCUT2D eigenvalue weighted by molar-refractivity contribution is -0.139. The average molecular weight is 570 g/mol. The fraction of sp³-hybridized carbons (Fsp3) is 0.333. The third-order valence-corrected chi connectivity index (χ3v) is 7.98. The first kappa shape index (κ1) is 30.6. The largest absolute Gasteiger partial charge is 0.494 e. The number of hydrogen-bond acceptors (Lipinski definition) is 5. The minimum atomic E-state index is -4.17. The summed E-state index contributed by atoms with van der Waals surface area (Å²) in [5.74, 6) is -0.861. The van der Waals surface area contributed by atoms with Gasteiger partial charge in [0, 0.05) is 12.6 Å². The molecule has 1 atom stereocenters. The molecule has 0 aliphatic heterocycles. The summed E-state index contributed by atoms with van der Waals surface area (Å²) < 4.78 is 47.8. The molecular weight excluding hydrogens is 533 g/mol. The summed E-state index contributed by atoms with van der Waals surface area (Å²) in [6, 6.07) is 17.3. The third-order valence-electron chi connectivity index (χ3n) is 6.19. The van der Waals surface area contributed by atoms with E-state index in [0.717, 1.165) is 9.87 Å². The average Bonchev–Trinajstić information content (AvgIpc) is 2.91. The summed E-state index contributed by atoms with van der Waals surface area (Å²) in [5, 5.41) is 2.80. The highest BCUT2D eigenvalue weighted by atomic mass is 32.2. The van der Waals surface area contributed by atoms with Crippen LogP contribution in [0.4, 0.5) is 10.1 Å². The van der Waals surface area contributed by atoms with Crippen molar-refractivity contribution in [2.75, 3.05) is 17.5 Å². The van der Waals surface area contributed by atoms with Crippen LogP contribution < -0.4 is 14.4 Å². The van der Waals surface area contributed by atoms with Crippen LogP contribution >= 0.6 is 0 Å². The number of rotatable bonds is 12. The van der Waals surface area contributed by atoms with Crippen LogP contribution in [0.25, 0.3) is 0 Å². The molecule has 1 N–H and O–H groups in total. The van der Waals surface area contributed by atoms with E-state index in [9.17, 15) is 22.4 Å². The molecule has 214 valence electrons. The zero-order valence-electron chi connectivity index (χ0n) is 23.4. The van der Waals surface area contributed by atoms with E-state index in [1.54, 1.807) is 57.2 Å². The second kappa shape index (κ2) is 13.4. The van der Waals surface area contributed by atoms with Gasteiger partial charge in [-0.25, -0.2) is 12.8 Å². The van der Waals surface area contributed by atoms with Gasteiger partial charge in [-0.3, -0.25) is 13.9 Å². The molecular formula is C30H36FN3O5S. The maximum atomic E-state index is 13.9. The first-order valence-electron chi connectivity index (χ1n) is 13.1. The normalized spacial score (nSPS) is 12.1. The number of amides is 2. The molecule has 0 bridgehead atoms. The van der Waals surface area contributed by atoms with E-state index in [4.69, 9.17) is 4.74 Å². The molecule has 0 aliphatic rings. The molecule has 3 aromatic carbocycles. The van der Waals surface area contributed by atoms with Crippen LogP contribution in [0.1, 0.15) is 38.8 Å². The summed E-state index contributed by atoms with van der Waals surface area (Å²) in [7, 11) is -4.17. The maximum Gasteiger partial charge on any atom is 0.264 e. The number of benzene rings is 3. The molecule has 0 aromatic heterocycles. The van der Waals surface area contributed by atoms with Gasteiger partial charge in [-0.2, -0.15) is 0 Å². The zero-order chi connectivity index (χ0) is 29.4. The molecule has 40 heavy (non-hydrogen) atoms. The summed E-state index contributed by atoms with van der Waals surface area (Å²) in [6.45, 7) is 8.73. The van der Waals surface area contributed by atoms with Crippen molar-refractivity contribution in [1.29, 1.82) is 0 Å². The van der Waals surface area contributed by atoms with Crippen molar-refractivity contribution in [3.05, 3.63) is 89.7 Å². The van der Waals surface area contributed by atoms with Gasteiger partial charge in [-0.1, -0.05) is 29.8 Å². The maximum absolute atomic E-state index is 13.9. The Morgan fingerprint density at radius 2 is 1.52 bits per heavy atom. The Kier molecular flexibility index (Phi) is 10.3. The molecule has 0 radical (unpaired) electrons. The van der Waals surface area contributed by atoms with Gasteiger partial charge in [0.15, 0.2) is 0 Å². The summed E-state index contributed by atoms with van der Waals surface area (Å²) in [6.07, 6.45) is 0. The molecule has 3 aromatic rings. The molecule has 2 amide bonds. The first-order chi connectivity index (χ1) is 18.9. The summed E-state index contributed by atoms with van der Waals surface area (Å²) in [4.78, 5) is 28.1. The standard InChI is InChI=1S/C30H36FN3O5S/c1-6-39-27-15-13-26(14-16-27)34(40(37,38)28-17-7-22(4)8-18-28)20-29(35)33(23(5)30(36)32-21(2)3)19-24-9-11-25(31)12-10-24/h7-18,21,23H,6,19-20H2,1-5H3,(H,32,36)/t23-/m0/s1. The minimum Gasteiger partial charge on any atom is -0.494 e. The Morgan fingerprint density at radius 3 is 2.08 bits per heavy atom. The molecule has 3 rings (SSSR count). The van der Waals surface area contributed by atoms with E-state index >= 15 is 0 Å². The van der Waals surface area contributed by atoms with Crippen molar-refractivity contribution in [2.24, 2.45) is 0 Å². The first-order valence-corrected chi connectivity index (χ1v) is 14.5. The molecule has 0 saturated carbocycles. The highest BCUT2D eigenvalue weighted by Crippen LogP contribution is 2.27. The Labute approximate surface area is 235 Å². The topological polar surface area (TPSA) is 96.0 Å². The Hall–Kier alpha value is -3.92. The van der Waals surface area contributed by atoms with E-state index < -0.39 is 34.3 Å². The Bertz CT molecular complexity index is 1390. The van der Waals surface area contributed by atoms with Gasteiger partial charge in [0.1, 0.15) is 24.2 Å². The number of hydrogen-bond donors (Lipinski definition) is 1. The van der Waals surface area contributed by atoms with E-state index in [1.165, 1.54) is 41.3 Å². The number of nitrogens with one attached hydrogen (secondary N) is 1. The van der Waals surface area contributed by atoms with Crippen molar-refractivity contribution < 1.29 is 27.1 Å². The number of halogens is 1. The predicted octanol–water partition coefficient (Wildman–Crippen LogP) is 4.67. The fourth-order valence-corrected chi connectivity index (χ4v) is 5.43. The number of ether oxygens (including phenoxy) is 1. The lowest BCUT2D eigenvalue weighted by atomic mass is 10.1. The molecule has 0 saturated heterocycles. The van der Waals surface area contributed by atoms with Gasteiger partial charge in [-0.15, -0.1) is 0 Å². The van der Waals surface area contributed by atoms with Crippen LogP contribution in [0.2, 0.25) is 0 Å². The van der Waals surface area contributed by atoms with Crippen LogP contribution in [0.5, 0.6) is 5.75 Å². The third kappa shape index (κ3) is 7.81. The van der Waals surface area contributed by atoms with Gasteiger partial charge in [0.2, 0.25) is 11.8 Å². The lowest BCUT2D eigenvalue weighted by Gasteiger charge is -2.32. The van der Waals surface area contributed by atoms with Gasteiger partial charge in [-0.05, 0) is 88.7 Å². The van der Waals surface area contributed by atoms with Crippen molar-refractivity contribution in [3.63, 3.8) is 0 Å². The van der Waals surface area contributed by atoms with E-state index in [-0.39, 0.29) is 29.1 Å². The van der Waals surface area contributed by atoms with Crippen molar-refractivity contribution in [1.82, 2.24) is 10.2 Å². The number of carbonyl (C=O) groups excluding carboxylic acids is 2. The second-order valence-electron chi connectivity index (χ2n) is 9.74. The number of carbonyl (C=O) groups is 2. The van der Waals surface area contributed by atoms with Crippen LogP contribution in [0.3, 0.4) is 0 Å². The quantitative estimate of drug-likeness (QED) is 0.342. The monoisotopic (exact) mass is 569 g/mol. The van der Waals surface area contributed by atoms with Crippen LogP contribution in [-0.2, 0) is 26.2 Å². The second-order valence-corrected chi connectivity index (χ2v) is 11.6.